The van der Waals surface area contributed by atoms with E-state index in [0.717, 1.165) is 12.0 Å². The van der Waals surface area contributed by atoms with Crippen LogP contribution in [0.3, 0.4) is 0 Å². The Balaban J connectivity index is 1.64. The number of hydrogen-bond acceptors (Lipinski definition) is 4. The number of para-hydroxylation sites is 1. The summed E-state index contributed by atoms with van der Waals surface area (Å²) in [5, 5.41) is 2.84. The molecule has 2 aliphatic heterocycles. The van der Waals surface area contributed by atoms with Gasteiger partial charge in [-0.15, -0.1) is 0 Å². The Morgan fingerprint density at radius 1 is 1.21 bits per heavy atom. The van der Waals surface area contributed by atoms with Gasteiger partial charge in [-0.05, 0) is 49.6 Å². The van der Waals surface area contributed by atoms with Crippen molar-refractivity contribution in [2.45, 2.75) is 25.8 Å². The fourth-order valence-corrected chi connectivity index (χ4v) is 4.03. The van der Waals surface area contributed by atoms with E-state index in [1.165, 1.54) is 12.0 Å². The van der Waals surface area contributed by atoms with Crippen LogP contribution in [0.1, 0.15) is 28.8 Å². The molecule has 1 atom stereocenters. The van der Waals surface area contributed by atoms with Gasteiger partial charge in [-0.3, -0.25) is 14.4 Å². The molecule has 1 saturated heterocycles. The molecule has 0 radical (unpaired) electrons. The Bertz CT molecular complexity index is 988. The van der Waals surface area contributed by atoms with Crippen molar-refractivity contribution in [3.8, 4) is 5.75 Å². The molecular formula is C22H23N3O4. The van der Waals surface area contributed by atoms with Crippen molar-refractivity contribution in [2.75, 3.05) is 30.4 Å². The van der Waals surface area contributed by atoms with Crippen LogP contribution in [0.25, 0.3) is 0 Å². The Labute approximate surface area is 169 Å². The molecule has 0 aromatic heterocycles. The number of amides is 3. The molecule has 7 nitrogen and oxygen atoms in total. The van der Waals surface area contributed by atoms with Gasteiger partial charge < -0.3 is 19.9 Å². The Morgan fingerprint density at radius 2 is 2.00 bits per heavy atom. The summed E-state index contributed by atoms with van der Waals surface area (Å²) in [6.45, 7) is 2.30. The van der Waals surface area contributed by atoms with E-state index in [2.05, 4.69) is 5.32 Å². The third-order valence-corrected chi connectivity index (χ3v) is 5.42. The van der Waals surface area contributed by atoms with Crippen LogP contribution in [0.2, 0.25) is 0 Å². The third kappa shape index (κ3) is 3.44. The van der Waals surface area contributed by atoms with Gasteiger partial charge in [-0.1, -0.05) is 18.2 Å². The highest BCUT2D eigenvalue weighted by Crippen LogP contribution is 2.32. The Kier molecular flexibility index (Phi) is 4.96. The number of aryl methyl sites for hydroxylation is 1. The highest BCUT2D eigenvalue weighted by molar-refractivity contribution is 6.13. The van der Waals surface area contributed by atoms with E-state index in [1.807, 2.05) is 19.1 Å². The summed E-state index contributed by atoms with van der Waals surface area (Å²) in [6.07, 6.45) is 1.40. The van der Waals surface area contributed by atoms with Crippen LogP contribution >= 0.6 is 0 Å². The fourth-order valence-electron chi connectivity index (χ4n) is 4.03. The molecule has 0 bridgehead atoms. The molecule has 2 aromatic rings. The maximum Gasteiger partial charge on any atom is 0.256 e. The van der Waals surface area contributed by atoms with Crippen LogP contribution in [0.4, 0.5) is 11.4 Å². The normalized spacial score (nSPS) is 18.2. The van der Waals surface area contributed by atoms with Crippen LogP contribution < -0.4 is 15.0 Å². The first-order valence-electron chi connectivity index (χ1n) is 9.65. The second kappa shape index (κ2) is 7.58. The Morgan fingerprint density at radius 3 is 2.79 bits per heavy atom. The second-order valence-electron chi connectivity index (χ2n) is 7.35. The number of fused-ring (bicyclic) bond motifs is 2. The van der Waals surface area contributed by atoms with E-state index in [4.69, 9.17) is 4.74 Å². The number of hydrogen-bond donors (Lipinski definition) is 1. The lowest BCUT2D eigenvalue weighted by Crippen LogP contribution is -2.47. The van der Waals surface area contributed by atoms with Crippen LogP contribution in [0.15, 0.2) is 42.5 Å². The largest absolute Gasteiger partial charge is 0.495 e. The van der Waals surface area contributed by atoms with Gasteiger partial charge >= 0.3 is 0 Å². The van der Waals surface area contributed by atoms with E-state index < -0.39 is 6.04 Å². The number of benzene rings is 2. The van der Waals surface area contributed by atoms with E-state index in [0.29, 0.717) is 35.7 Å². The monoisotopic (exact) mass is 393 g/mol. The van der Waals surface area contributed by atoms with Gasteiger partial charge in [-0.25, -0.2) is 0 Å². The SMILES string of the molecule is COc1ccc(C)cc1NC(=O)CN1C(=O)[C@@H]2CCCN2C(=O)c2ccccc21. The summed E-state index contributed by atoms with van der Waals surface area (Å²) in [5.74, 6) is -0.175. The minimum Gasteiger partial charge on any atom is -0.495 e. The van der Waals surface area contributed by atoms with Crippen molar-refractivity contribution >= 4 is 29.1 Å². The lowest BCUT2D eigenvalue weighted by atomic mass is 10.1. The van der Waals surface area contributed by atoms with Gasteiger partial charge in [0.2, 0.25) is 11.8 Å². The molecule has 29 heavy (non-hydrogen) atoms. The molecule has 3 amide bonds. The molecule has 0 saturated carbocycles. The van der Waals surface area contributed by atoms with Crippen LogP contribution in [-0.2, 0) is 9.59 Å². The molecule has 1 fully saturated rings. The predicted octanol–water partition coefficient (Wildman–Crippen LogP) is 2.59. The van der Waals surface area contributed by atoms with Crippen molar-refractivity contribution in [3.05, 3.63) is 53.6 Å². The van der Waals surface area contributed by atoms with E-state index in [-0.39, 0.29) is 24.3 Å². The smallest absolute Gasteiger partial charge is 0.256 e. The molecule has 0 unspecified atom stereocenters. The van der Waals surface area contributed by atoms with Gasteiger partial charge in [0.1, 0.15) is 18.3 Å². The minimum atomic E-state index is -0.517. The zero-order chi connectivity index (χ0) is 20.5. The highest BCUT2D eigenvalue weighted by atomic mass is 16.5. The van der Waals surface area contributed by atoms with Crippen molar-refractivity contribution in [1.82, 2.24) is 4.90 Å². The first kappa shape index (κ1) is 19.0. The highest BCUT2D eigenvalue weighted by Gasteiger charge is 2.42. The molecule has 4 rings (SSSR count). The van der Waals surface area contributed by atoms with Crippen molar-refractivity contribution in [1.29, 1.82) is 0 Å². The van der Waals surface area contributed by atoms with E-state index >= 15 is 0 Å². The predicted molar refractivity (Wildman–Crippen MR) is 109 cm³/mol. The van der Waals surface area contributed by atoms with Crippen LogP contribution in [0.5, 0.6) is 5.75 Å². The van der Waals surface area contributed by atoms with Crippen LogP contribution in [-0.4, -0.2) is 48.9 Å². The summed E-state index contributed by atoms with van der Waals surface area (Å²) < 4.78 is 5.31. The van der Waals surface area contributed by atoms with E-state index in [9.17, 15) is 14.4 Å². The number of anilines is 2. The third-order valence-electron chi connectivity index (χ3n) is 5.42. The molecular weight excluding hydrogens is 370 g/mol. The topological polar surface area (TPSA) is 79.0 Å². The lowest BCUT2D eigenvalue weighted by Gasteiger charge is -2.25. The number of nitrogens with one attached hydrogen (secondary N) is 1. The molecule has 2 aromatic carbocycles. The lowest BCUT2D eigenvalue weighted by molar-refractivity contribution is -0.124. The quantitative estimate of drug-likeness (QED) is 0.866. The van der Waals surface area contributed by atoms with Crippen molar-refractivity contribution < 1.29 is 19.1 Å². The van der Waals surface area contributed by atoms with Gasteiger partial charge in [0.05, 0.1) is 24.0 Å². The van der Waals surface area contributed by atoms with Gasteiger partial charge in [-0.2, -0.15) is 0 Å². The number of carbonyl (C=O) groups is 3. The number of methoxy groups -OCH3 is 1. The van der Waals surface area contributed by atoms with Crippen molar-refractivity contribution in [3.63, 3.8) is 0 Å². The van der Waals surface area contributed by atoms with Gasteiger partial charge in [0.15, 0.2) is 0 Å². The fraction of sp³-hybridized carbons (Fsp3) is 0.318. The zero-order valence-corrected chi connectivity index (χ0v) is 16.5. The molecule has 0 spiro atoms. The maximum absolute atomic E-state index is 13.2. The summed E-state index contributed by atoms with van der Waals surface area (Å²) in [4.78, 5) is 42.1. The molecule has 150 valence electrons. The minimum absolute atomic E-state index is 0.153. The molecule has 1 N–H and O–H groups in total. The van der Waals surface area contributed by atoms with Gasteiger partial charge in [0.25, 0.3) is 5.91 Å². The average Bonchev–Trinajstić information content (AvgIpc) is 3.18. The number of nitrogens with zero attached hydrogens (tertiary/aromatic N) is 2. The van der Waals surface area contributed by atoms with Gasteiger partial charge in [0, 0.05) is 6.54 Å². The summed E-state index contributed by atoms with van der Waals surface area (Å²) in [5.41, 5.74) is 2.45. The summed E-state index contributed by atoms with van der Waals surface area (Å²) in [7, 11) is 1.54. The molecule has 2 heterocycles. The zero-order valence-electron chi connectivity index (χ0n) is 16.5. The Hall–Kier alpha value is -3.35. The van der Waals surface area contributed by atoms with Crippen LogP contribution in [0, 0.1) is 6.92 Å². The first-order chi connectivity index (χ1) is 14.0. The molecule has 7 heteroatoms. The van der Waals surface area contributed by atoms with Crippen molar-refractivity contribution in [2.24, 2.45) is 0 Å². The summed E-state index contributed by atoms with van der Waals surface area (Å²) in [6, 6.07) is 11.9. The average molecular weight is 393 g/mol. The number of rotatable bonds is 4. The number of ether oxygens (including phenoxy) is 1. The molecule has 2 aliphatic rings. The second-order valence-corrected chi connectivity index (χ2v) is 7.35. The standard InChI is InChI=1S/C22H23N3O4/c1-14-9-10-19(29-2)16(12-14)23-20(26)13-25-17-7-4-3-6-15(17)21(27)24-11-5-8-18(24)22(25)28/h3-4,6-7,9-10,12,18H,5,8,11,13H2,1-2H3,(H,23,26)/t18-/m0/s1. The molecule has 0 aliphatic carbocycles. The maximum atomic E-state index is 13.2. The number of carbonyl (C=O) groups excluding carboxylic acids is 3. The first-order valence-corrected chi connectivity index (χ1v) is 9.65. The van der Waals surface area contributed by atoms with E-state index in [1.54, 1.807) is 35.2 Å². The summed E-state index contributed by atoms with van der Waals surface area (Å²) >= 11 is 0.